The van der Waals surface area contributed by atoms with Gasteiger partial charge >= 0.3 is 0 Å². The maximum Gasteiger partial charge on any atom is 0.244 e. The molecule has 1 aromatic heterocycles. The Balaban J connectivity index is 1.19. The number of pyridine rings is 1. The molecule has 0 radical (unpaired) electrons. The van der Waals surface area contributed by atoms with Crippen molar-refractivity contribution in [2.24, 2.45) is 0 Å². The van der Waals surface area contributed by atoms with E-state index in [1.807, 2.05) is 12.1 Å². The van der Waals surface area contributed by atoms with Crippen LogP contribution >= 0.6 is 23.2 Å². The zero-order chi connectivity index (χ0) is 26.2. The van der Waals surface area contributed by atoms with Crippen molar-refractivity contribution in [3.63, 3.8) is 0 Å². The molecule has 1 aromatic carbocycles. The number of hydrogen-bond donors (Lipinski definition) is 0. The molecule has 0 N–H and O–H groups in total. The van der Waals surface area contributed by atoms with E-state index in [9.17, 15) is 16.8 Å². The molecule has 12 heteroatoms. The van der Waals surface area contributed by atoms with Crippen LogP contribution in [-0.4, -0.2) is 67.0 Å². The van der Waals surface area contributed by atoms with Gasteiger partial charge in [-0.05, 0) is 68.9 Å². The van der Waals surface area contributed by atoms with Gasteiger partial charge in [0.25, 0.3) is 0 Å². The molecule has 5 rings (SSSR count). The van der Waals surface area contributed by atoms with Gasteiger partial charge in [-0.2, -0.15) is 8.61 Å². The predicted molar refractivity (Wildman–Crippen MR) is 143 cm³/mol. The summed E-state index contributed by atoms with van der Waals surface area (Å²) in [5.74, 6) is 0.772. The molecule has 0 aliphatic carbocycles. The number of halogens is 2. The summed E-state index contributed by atoms with van der Waals surface area (Å²) < 4.78 is 62.6. The molecule has 2 aromatic rings. The maximum atomic E-state index is 13.4. The van der Waals surface area contributed by atoms with Crippen molar-refractivity contribution in [2.45, 2.75) is 80.5 Å². The Morgan fingerprint density at radius 2 is 1.68 bits per heavy atom. The van der Waals surface area contributed by atoms with E-state index in [1.54, 1.807) is 16.7 Å². The summed E-state index contributed by atoms with van der Waals surface area (Å²) >= 11 is 12.1. The number of piperidine rings is 1. The van der Waals surface area contributed by atoms with E-state index in [2.05, 4.69) is 4.98 Å². The standard InChI is InChI=1S/C25H31Cl2N3O5S2/c26-18-5-8-25(24(27)15-18)37(33,34)29-13-1-3-19(29)4-2-14-36(31,32)30-20-6-7-21(30)17-23(16-20)35-22-9-11-28-12-10-22/h5,8-12,15,19-21,23H,1-4,6-7,13-14,16-17H2/t19?,20-,21+,23?. The van der Waals surface area contributed by atoms with Gasteiger partial charge in [-0.3, -0.25) is 4.98 Å². The van der Waals surface area contributed by atoms with Gasteiger partial charge in [0, 0.05) is 54.9 Å². The maximum absolute atomic E-state index is 13.4. The molecule has 3 aliphatic rings. The molecule has 3 aliphatic heterocycles. The van der Waals surface area contributed by atoms with Gasteiger partial charge < -0.3 is 4.74 Å². The Morgan fingerprint density at radius 3 is 2.35 bits per heavy atom. The van der Waals surface area contributed by atoms with E-state index in [1.165, 1.54) is 22.5 Å². The van der Waals surface area contributed by atoms with E-state index in [0.717, 1.165) is 25.0 Å². The first-order chi connectivity index (χ1) is 17.6. The van der Waals surface area contributed by atoms with Gasteiger partial charge in [0.2, 0.25) is 20.0 Å². The molecule has 0 spiro atoms. The van der Waals surface area contributed by atoms with Crippen LogP contribution in [-0.2, 0) is 20.0 Å². The highest BCUT2D eigenvalue weighted by molar-refractivity contribution is 7.89. The zero-order valence-corrected chi connectivity index (χ0v) is 23.5. The first-order valence-corrected chi connectivity index (χ1v) is 16.5. The lowest BCUT2D eigenvalue weighted by Crippen LogP contribution is -2.50. The van der Waals surface area contributed by atoms with E-state index >= 15 is 0 Å². The van der Waals surface area contributed by atoms with Crippen LogP contribution in [0.5, 0.6) is 5.75 Å². The molecule has 3 saturated heterocycles. The summed E-state index contributed by atoms with van der Waals surface area (Å²) in [4.78, 5) is 4.04. The number of sulfonamides is 2. The Morgan fingerprint density at radius 1 is 0.973 bits per heavy atom. The van der Waals surface area contributed by atoms with Gasteiger partial charge in [0.15, 0.2) is 0 Å². The van der Waals surface area contributed by atoms with E-state index in [4.69, 9.17) is 27.9 Å². The average molecular weight is 589 g/mol. The summed E-state index contributed by atoms with van der Waals surface area (Å²) in [5.41, 5.74) is 0. The molecule has 37 heavy (non-hydrogen) atoms. The van der Waals surface area contributed by atoms with Crippen LogP contribution in [0, 0.1) is 0 Å². The van der Waals surface area contributed by atoms with Crippen molar-refractivity contribution < 1.29 is 21.6 Å². The van der Waals surface area contributed by atoms with Gasteiger partial charge in [-0.15, -0.1) is 0 Å². The van der Waals surface area contributed by atoms with Crippen LogP contribution in [0.4, 0.5) is 0 Å². The van der Waals surface area contributed by atoms with Crippen LogP contribution in [0.15, 0.2) is 47.6 Å². The summed E-state index contributed by atoms with van der Waals surface area (Å²) in [6.45, 7) is 0.397. The summed E-state index contributed by atoms with van der Waals surface area (Å²) in [6.07, 6.45) is 8.72. The van der Waals surface area contributed by atoms with Crippen LogP contribution in [0.25, 0.3) is 0 Å². The lowest BCUT2D eigenvalue weighted by Gasteiger charge is -2.38. The van der Waals surface area contributed by atoms with Crippen LogP contribution in [0.2, 0.25) is 10.0 Å². The molecule has 0 amide bonds. The Hall–Kier alpha value is -1.43. The fraction of sp³-hybridized carbons (Fsp3) is 0.560. The fourth-order valence-electron chi connectivity index (χ4n) is 6.08. The number of ether oxygens (including phenoxy) is 1. The number of fused-ring (bicyclic) bond motifs is 2. The summed E-state index contributed by atoms with van der Waals surface area (Å²) in [7, 11) is -7.26. The number of aromatic nitrogens is 1. The minimum atomic E-state index is -3.80. The number of benzene rings is 1. The van der Waals surface area contributed by atoms with Crippen molar-refractivity contribution in [1.29, 1.82) is 0 Å². The van der Waals surface area contributed by atoms with E-state index in [0.29, 0.717) is 43.7 Å². The van der Waals surface area contributed by atoms with Crippen LogP contribution < -0.4 is 4.74 Å². The molecule has 0 saturated carbocycles. The number of hydrogen-bond acceptors (Lipinski definition) is 6. The predicted octanol–water partition coefficient (Wildman–Crippen LogP) is 4.73. The molecular formula is C25H31Cl2N3O5S2. The fourth-order valence-corrected chi connectivity index (χ4v) is 10.6. The van der Waals surface area contributed by atoms with Crippen molar-refractivity contribution in [2.75, 3.05) is 12.3 Å². The highest BCUT2D eigenvalue weighted by Gasteiger charge is 2.47. The normalized spacial score (nSPS) is 27.0. The quantitative estimate of drug-likeness (QED) is 0.421. The van der Waals surface area contributed by atoms with Gasteiger partial charge in [-0.25, -0.2) is 16.8 Å². The second-order valence-electron chi connectivity index (χ2n) is 10.1. The minimum Gasteiger partial charge on any atom is -0.490 e. The summed E-state index contributed by atoms with van der Waals surface area (Å²) in [6, 6.07) is 7.65. The monoisotopic (exact) mass is 587 g/mol. The summed E-state index contributed by atoms with van der Waals surface area (Å²) in [5, 5.41) is 0.460. The molecule has 3 fully saturated rings. The Labute approximate surface area is 229 Å². The van der Waals surface area contributed by atoms with Crippen molar-refractivity contribution in [3.05, 3.63) is 52.8 Å². The van der Waals surface area contributed by atoms with Gasteiger partial charge in [-0.1, -0.05) is 23.2 Å². The zero-order valence-electron chi connectivity index (χ0n) is 20.4. The topological polar surface area (TPSA) is 96.9 Å². The highest BCUT2D eigenvalue weighted by atomic mass is 35.5. The van der Waals surface area contributed by atoms with Gasteiger partial charge in [0.05, 0.1) is 10.8 Å². The minimum absolute atomic E-state index is 0.0108. The molecule has 4 heterocycles. The third-order valence-electron chi connectivity index (χ3n) is 7.64. The molecule has 2 unspecified atom stereocenters. The smallest absolute Gasteiger partial charge is 0.244 e. The molecular weight excluding hydrogens is 557 g/mol. The second kappa shape index (κ2) is 11.0. The lowest BCUT2D eigenvalue weighted by atomic mass is 10.0. The van der Waals surface area contributed by atoms with Crippen molar-refractivity contribution in [3.8, 4) is 5.75 Å². The molecule has 8 nitrogen and oxygen atoms in total. The lowest BCUT2D eigenvalue weighted by molar-refractivity contribution is 0.0956. The Bertz CT molecular complexity index is 1310. The number of rotatable bonds is 9. The first kappa shape index (κ1) is 27.1. The first-order valence-electron chi connectivity index (χ1n) is 12.7. The van der Waals surface area contributed by atoms with Gasteiger partial charge in [0.1, 0.15) is 16.7 Å². The van der Waals surface area contributed by atoms with E-state index in [-0.39, 0.29) is 39.9 Å². The number of nitrogens with zero attached hydrogens (tertiary/aromatic N) is 3. The third-order valence-corrected chi connectivity index (χ3v) is 12.4. The SMILES string of the molecule is O=S(=O)(CCCC1CCCN1S(=O)(=O)c1ccc(Cl)cc1Cl)N1[C@@H]2CC[C@H]1CC(Oc1ccncc1)C2. The van der Waals surface area contributed by atoms with Crippen molar-refractivity contribution in [1.82, 2.24) is 13.6 Å². The molecule has 4 atom stereocenters. The molecule has 2 bridgehead atoms. The average Bonchev–Trinajstić information content (AvgIpc) is 3.43. The highest BCUT2D eigenvalue weighted by Crippen LogP contribution is 2.40. The third kappa shape index (κ3) is 5.79. The second-order valence-corrected chi connectivity index (χ2v) is 14.8. The van der Waals surface area contributed by atoms with Crippen LogP contribution in [0.3, 0.4) is 0 Å². The largest absolute Gasteiger partial charge is 0.490 e. The van der Waals surface area contributed by atoms with Crippen LogP contribution in [0.1, 0.15) is 51.4 Å². The van der Waals surface area contributed by atoms with Crippen molar-refractivity contribution >= 4 is 43.2 Å². The Kier molecular flexibility index (Phi) is 8.06. The molecule has 202 valence electrons. The van der Waals surface area contributed by atoms with E-state index < -0.39 is 20.0 Å².